The van der Waals surface area contributed by atoms with E-state index in [1.807, 2.05) is 68.4 Å². The number of nitrogens with zero attached hydrogens (tertiary/aromatic N) is 7. The summed E-state index contributed by atoms with van der Waals surface area (Å²) in [7, 11) is 3.90. The number of carbonyl (C=O) groups is 1. The van der Waals surface area contributed by atoms with Crippen LogP contribution in [0.2, 0.25) is 0 Å². The van der Waals surface area contributed by atoms with Crippen LogP contribution in [0.15, 0.2) is 54.4 Å². The number of likely N-dealkylation sites (tertiary alicyclic amines) is 1. The van der Waals surface area contributed by atoms with Crippen LogP contribution in [0.25, 0.3) is 54.9 Å². The molecule has 1 saturated heterocycles. The van der Waals surface area contributed by atoms with Crippen molar-refractivity contribution in [2.45, 2.75) is 45.4 Å². The van der Waals surface area contributed by atoms with Crippen LogP contribution in [0.3, 0.4) is 0 Å². The number of rotatable bonds is 6. The molecular weight excluding hydrogens is 676 g/mol. The lowest BCUT2D eigenvalue weighted by molar-refractivity contribution is -0.129. The van der Waals surface area contributed by atoms with Gasteiger partial charge in [-0.2, -0.15) is 5.10 Å². The summed E-state index contributed by atoms with van der Waals surface area (Å²) >= 11 is 1.16. The van der Waals surface area contributed by atoms with Crippen LogP contribution < -0.4 is 4.74 Å². The number of hydrogen-bond donors (Lipinski definition) is 0. The van der Waals surface area contributed by atoms with E-state index in [0.29, 0.717) is 41.2 Å². The molecule has 0 N–H and O–H groups in total. The molecule has 0 spiro atoms. The quantitative estimate of drug-likeness (QED) is 0.164. The molecule has 1 amide bonds. The molecule has 0 aliphatic carbocycles. The maximum absolute atomic E-state index is 16.4. The number of amides is 1. The van der Waals surface area contributed by atoms with E-state index in [1.54, 1.807) is 4.90 Å². The molecule has 6 aromatic rings. The van der Waals surface area contributed by atoms with Crippen molar-refractivity contribution >= 4 is 38.4 Å². The van der Waals surface area contributed by atoms with Gasteiger partial charge in [0.25, 0.3) is 0 Å². The zero-order chi connectivity index (χ0) is 35.9. The van der Waals surface area contributed by atoms with Crippen LogP contribution in [-0.2, 0) is 11.8 Å². The van der Waals surface area contributed by atoms with Gasteiger partial charge in [0.1, 0.15) is 46.5 Å². The molecule has 6 heterocycles. The first kappa shape index (κ1) is 33.2. The van der Waals surface area contributed by atoms with Gasteiger partial charge in [-0.25, -0.2) is 23.1 Å². The van der Waals surface area contributed by atoms with Crippen molar-refractivity contribution in [1.82, 2.24) is 34.1 Å². The van der Waals surface area contributed by atoms with Gasteiger partial charge in [0.05, 0.1) is 44.8 Å². The molecule has 0 radical (unpaired) electrons. The Balaban J connectivity index is 1.42. The number of pyridine rings is 1. The van der Waals surface area contributed by atoms with E-state index in [0.717, 1.165) is 52.6 Å². The average Bonchev–Trinajstić information content (AvgIpc) is 3.88. The van der Waals surface area contributed by atoms with Crippen molar-refractivity contribution in [3.63, 3.8) is 0 Å². The van der Waals surface area contributed by atoms with Gasteiger partial charge in [0, 0.05) is 60.7 Å². The first-order chi connectivity index (χ1) is 24.4. The normalized spacial score (nSPS) is 19.3. The highest BCUT2D eigenvalue weighted by Gasteiger charge is 2.35. The highest BCUT2D eigenvalue weighted by atomic mass is 32.1. The monoisotopic (exact) mass is 711 g/mol. The van der Waals surface area contributed by atoms with Gasteiger partial charge in [-0.3, -0.25) is 9.48 Å². The summed E-state index contributed by atoms with van der Waals surface area (Å²) in [4.78, 5) is 26.5. The van der Waals surface area contributed by atoms with Gasteiger partial charge in [0.15, 0.2) is 0 Å². The number of likely N-dealkylation sites (N-methyl/N-ethyl adjacent to an activating group) is 1. The van der Waals surface area contributed by atoms with Crippen molar-refractivity contribution in [2.75, 3.05) is 26.7 Å². The molecule has 262 valence electrons. The van der Waals surface area contributed by atoms with E-state index in [-0.39, 0.29) is 52.1 Å². The Morgan fingerprint density at radius 3 is 2.57 bits per heavy atom. The molecule has 2 aliphatic heterocycles. The van der Waals surface area contributed by atoms with E-state index in [4.69, 9.17) is 19.8 Å². The predicted molar refractivity (Wildman–Crippen MR) is 192 cm³/mol. The largest absolute Gasteiger partial charge is 0.488 e. The molecule has 0 unspecified atom stereocenters. The fourth-order valence-corrected chi connectivity index (χ4v) is 8.43. The molecule has 1 fully saturated rings. The van der Waals surface area contributed by atoms with Gasteiger partial charge in [-0.05, 0) is 58.5 Å². The Kier molecular flexibility index (Phi) is 8.02. The van der Waals surface area contributed by atoms with Gasteiger partial charge in [-0.15, -0.1) is 11.3 Å². The van der Waals surface area contributed by atoms with Crippen molar-refractivity contribution in [1.29, 1.82) is 0 Å². The SMILES string of the molecule is C=CC(=O)N1C[C@H](C)n2nc(-c3nc(-c4ccc5c(c4)nc(C)n5C)c4scc(F)c4c3-c3c(F)cc(F)cc3O[C@H]3CCN(C)C3)cc2[C@H]1C. The van der Waals surface area contributed by atoms with E-state index < -0.39 is 17.5 Å². The second kappa shape index (κ2) is 12.3. The minimum Gasteiger partial charge on any atom is -0.488 e. The molecule has 9 nitrogen and oxygen atoms in total. The third kappa shape index (κ3) is 5.41. The number of aryl methyl sites for hydroxylation is 2. The predicted octanol–water partition coefficient (Wildman–Crippen LogP) is 7.84. The second-order valence-electron chi connectivity index (χ2n) is 13.6. The summed E-state index contributed by atoms with van der Waals surface area (Å²) in [5.41, 5.74) is 4.16. The van der Waals surface area contributed by atoms with Crippen LogP contribution in [0.1, 0.15) is 43.9 Å². The molecule has 4 aromatic heterocycles. The molecule has 51 heavy (non-hydrogen) atoms. The van der Waals surface area contributed by atoms with Crippen LogP contribution in [-0.4, -0.2) is 72.8 Å². The summed E-state index contributed by atoms with van der Waals surface area (Å²) < 4.78 is 58.4. The Bertz CT molecular complexity index is 2400. The van der Waals surface area contributed by atoms with E-state index in [1.165, 1.54) is 11.5 Å². The van der Waals surface area contributed by atoms with Gasteiger partial charge in [-0.1, -0.05) is 12.6 Å². The highest BCUT2D eigenvalue weighted by molar-refractivity contribution is 7.17. The van der Waals surface area contributed by atoms with E-state index in [9.17, 15) is 9.18 Å². The first-order valence-electron chi connectivity index (χ1n) is 16.8. The molecule has 8 rings (SSSR count). The zero-order valence-electron chi connectivity index (χ0n) is 28.9. The molecule has 0 saturated carbocycles. The summed E-state index contributed by atoms with van der Waals surface area (Å²) in [6, 6.07) is 8.95. The summed E-state index contributed by atoms with van der Waals surface area (Å²) in [6.07, 6.45) is 1.63. The second-order valence-corrected chi connectivity index (χ2v) is 14.4. The Morgan fingerprint density at radius 2 is 1.82 bits per heavy atom. The van der Waals surface area contributed by atoms with Crippen LogP contribution in [0.4, 0.5) is 13.2 Å². The molecule has 2 aliphatic rings. The molecule has 3 atom stereocenters. The Labute approximate surface area is 296 Å². The van der Waals surface area contributed by atoms with Crippen LogP contribution in [0, 0.1) is 24.4 Å². The number of hydrogen-bond acceptors (Lipinski definition) is 7. The third-order valence-corrected chi connectivity index (χ3v) is 11.2. The summed E-state index contributed by atoms with van der Waals surface area (Å²) in [5, 5.41) is 6.49. The number of imidazole rings is 1. The van der Waals surface area contributed by atoms with Crippen molar-refractivity contribution in [3.05, 3.63) is 83.4 Å². The standard InChI is InChI=1S/C38H36F3N7O2S/c1-7-32(49)47-16-19(2)48-30(20(47)3)15-28(44-48)37-35(33-25(40)13-23(39)14-31(33)50-24-10-11-45(5)17-24)34-26(41)18-51-38(34)36(43-37)22-8-9-29-27(12-22)42-21(4)46(29)6/h7-9,12-15,18-20,24H,1,10-11,16-17H2,2-6H3/t19-,20+,24-/m0/s1. The number of halogens is 3. The van der Waals surface area contributed by atoms with Gasteiger partial charge in [0.2, 0.25) is 5.91 Å². The molecule has 0 bridgehead atoms. The lowest BCUT2D eigenvalue weighted by Crippen LogP contribution is -2.42. The fourth-order valence-electron chi connectivity index (χ4n) is 7.50. The minimum absolute atomic E-state index is 0.0330. The van der Waals surface area contributed by atoms with Gasteiger partial charge < -0.3 is 19.1 Å². The lowest BCUT2D eigenvalue weighted by Gasteiger charge is -2.36. The number of thiophene rings is 1. The van der Waals surface area contributed by atoms with E-state index in [2.05, 4.69) is 11.5 Å². The number of carbonyl (C=O) groups excluding carboxylic acids is 1. The Hall–Kier alpha value is -5.01. The van der Waals surface area contributed by atoms with Crippen LogP contribution in [0.5, 0.6) is 5.75 Å². The van der Waals surface area contributed by atoms with Crippen LogP contribution >= 0.6 is 11.3 Å². The fraction of sp³-hybridized carbons (Fsp3) is 0.316. The molecular formula is C38H36F3N7O2S. The maximum Gasteiger partial charge on any atom is 0.246 e. The minimum atomic E-state index is -0.905. The molecule has 13 heteroatoms. The van der Waals surface area contributed by atoms with Gasteiger partial charge >= 0.3 is 0 Å². The van der Waals surface area contributed by atoms with Crippen molar-refractivity contribution in [2.24, 2.45) is 7.05 Å². The number of benzene rings is 2. The Morgan fingerprint density at radius 1 is 1.02 bits per heavy atom. The zero-order valence-corrected chi connectivity index (χ0v) is 29.7. The lowest BCUT2D eigenvalue weighted by atomic mass is 9.94. The first-order valence-corrected chi connectivity index (χ1v) is 17.7. The maximum atomic E-state index is 16.4. The molecule has 2 aromatic carbocycles. The number of fused-ring (bicyclic) bond motifs is 3. The number of aromatic nitrogens is 5. The summed E-state index contributed by atoms with van der Waals surface area (Å²) in [6.45, 7) is 11.2. The highest BCUT2D eigenvalue weighted by Crippen LogP contribution is 2.49. The summed E-state index contributed by atoms with van der Waals surface area (Å²) in [5.74, 6) is -1.70. The van der Waals surface area contributed by atoms with Crippen molar-refractivity contribution in [3.8, 4) is 39.5 Å². The third-order valence-electron chi connectivity index (χ3n) is 10.2. The topological polar surface area (TPSA) is 81.3 Å². The van der Waals surface area contributed by atoms with E-state index >= 15 is 8.78 Å². The average molecular weight is 712 g/mol. The van der Waals surface area contributed by atoms with Crippen molar-refractivity contribution < 1.29 is 22.7 Å². The smallest absolute Gasteiger partial charge is 0.246 e. The number of ether oxygens (including phenoxy) is 1.